The van der Waals surface area contributed by atoms with Gasteiger partial charge in [0.25, 0.3) is 0 Å². The highest BCUT2D eigenvalue weighted by Crippen LogP contribution is 2.21. The molecule has 0 aromatic carbocycles. The van der Waals surface area contributed by atoms with Gasteiger partial charge in [0.2, 0.25) is 5.91 Å². The van der Waals surface area contributed by atoms with Crippen molar-refractivity contribution in [3.05, 3.63) is 12.7 Å². The first-order chi connectivity index (χ1) is 7.15. The largest absolute Gasteiger partial charge is 0.364 e. The number of rotatable bonds is 5. The molecule has 0 saturated heterocycles. The van der Waals surface area contributed by atoms with Gasteiger partial charge in [-0.15, -0.1) is 6.58 Å². The Bertz CT molecular complexity index is 231. The molecule has 3 N–H and O–H groups in total. The molecule has 0 heterocycles. The van der Waals surface area contributed by atoms with Crippen LogP contribution in [0.1, 0.15) is 26.2 Å². The molecular weight excluding hydrogens is 192 g/mol. The lowest BCUT2D eigenvalue weighted by Gasteiger charge is -2.21. The van der Waals surface area contributed by atoms with Gasteiger partial charge < -0.3 is 15.8 Å². The maximum Gasteiger partial charge on any atom is 0.249 e. The summed E-state index contributed by atoms with van der Waals surface area (Å²) >= 11 is 0. The van der Waals surface area contributed by atoms with Crippen molar-refractivity contribution in [3.63, 3.8) is 0 Å². The van der Waals surface area contributed by atoms with Crippen molar-refractivity contribution >= 4 is 5.91 Å². The van der Waals surface area contributed by atoms with E-state index in [0.717, 1.165) is 19.3 Å². The molecule has 1 fully saturated rings. The van der Waals surface area contributed by atoms with Crippen molar-refractivity contribution < 1.29 is 9.53 Å². The zero-order chi connectivity index (χ0) is 11.3. The molecule has 1 rings (SSSR count). The standard InChI is InChI=1S/C11H20N2O2/c1-3-7-13-11(14)8(2)15-10-6-4-5-9(10)12/h3,8-10H,1,4-7,12H2,2H3,(H,13,14). The minimum Gasteiger partial charge on any atom is -0.364 e. The Morgan fingerprint density at radius 3 is 3.00 bits per heavy atom. The van der Waals surface area contributed by atoms with Crippen LogP contribution in [0.2, 0.25) is 0 Å². The van der Waals surface area contributed by atoms with Crippen LogP contribution in [0.25, 0.3) is 0 Å². The summed E-state index contributed by atoms with van der Waals surface area (Å²) in [7, 11) is 0. The highest BCUT2D eigenvalue weighted by atomic mass is 16.5. The molecule has 1 saturated carbocycles. The van der Waals surface area contributed by atoms with E-state index in [1.807, 2.05) is 0 Å². The predicted octanol–water partition coefficient (Wildman–Crippen LogP) is 0.574. The van der Waals surface area contributed by atoms with E-state index in [2.05, 4.69) is 11.9 Å². The number of nitrogens with one attached hydrogen (secondary N) is 1. The number of ether oxygens (including phenoxy) is 1. The van der Waals surface area contributed by atoms with E-state index in [0.29, 0.717) is 6.54 Å². The van der Waals surface area contributed by atoms with E-state index in [-0.39, 0.29) is 18.1 Å². The summed E-state index contributed by atoms with van der Waals surface area (Å²) in [6, 6.07) is 0.0830. The summed E-state index contributed by atoms with van der Waals surface area (Å²) in [6.45, 7) is 5.76. The fraction of sp³-hybridized carbons (Fsp3) is 0.727. The molecule has 0 aromatic heterocycles. The average molecular weight is 212 g/mol. The van der Waals surface area contributed by atoms with Gasteiger partial charge in [0, 0.05) is 12.6 Å². The molecule has 0 spiro atoms. The van der Waals surface area contributed by atoms with Gasteiger partial charge in [-0.05, 0) is 26.2 Å². The van der Waals surface area contributed by atoms with Gasteiger partial charge in [0.15, 0.2) is 0 Å². The van der Waals surface area contributed by atoms with Gasteiger partial charge in [-0.1, -0.05) is 6.08 Å². The van der Waals surface area contributed by atoms with E-state index in [4.69, 9.17) is 10.5 Å². The maximum atomic E-state index is 11.5. The summed E-state index contributed by atoms with van der Waals surface area (Å²) in [5, 5.41) is 2.70. The highest BCUT2D eigenvalue weighted by molar-refractivity contribution is 5.80. The Balaban J connectivity index is 2.30. The Morgan fingerprint density at radius 1 is 1.73 bits per heavy atom. The molecule has 1 amide bonds. The zero-order valence-corrected chi connectivity index (χ0v) is 9.24. The van der Waals surface area contributed by atoms with Crippen molar-refractivity contribution in [1.29, 1.82) is 0 Å². The molecule has 4 nitrogen and oxygen atoms in total. The normalized spacial score (nSPS) is 27.3. The van der Waals surface area contributed by atoms with Crippen molar-refractivity contribution in [2.45, 2.75) is 44.4 Å². The lowest BCUT2D eigenvalue weighted by Crippen LogP contribution is -2.40. The second-order valence-electron chi connectivity index (χ2n) is 3.95. The summed E-state index contributed by atoms with van der Waals surface area (Å²) < 4.78 is 5.61. The quantitative estimate of drug-likeness (QED) is 0.655. The molecule has 15 heavy (non-hydrogen) atoms. The number of carbonyl (C=O) groups is 1. The van der Waals surface area contributed by atoms with Gasteiger partial charge >= 0.3 is 0 Å². The van der Waals surface area contributed by atoms with Crippen LogP contribution in [0.3, 0.4) is 0 Å². The fourth-order valence-corrected chi connectivity index (χ4v) is 1.76. The minimum atomic E-state index is -0.431. The molecule has 1 aliphatic rings. The summed E-state index contributed by atoms with van der Waals surface area (Å²) in [6.07, 6.45) is 4.29. The number of nitrogens with two attached hydrogens (primary N) is 1. The smallest absolute Gasteiger partial charge is 0.249 e. The van der Waals surface area contributed by atoms with E-state index < -0.39 is 6.10 Å². The van der Waals surface area contributed by atoms with E-state index in [9.17, 15) is 4.79 Å². The van der Waals surface area contributed by atoms with Crippen LogP contribution in [0.4, 0.5) is 0 Å². The van der Waals surface area contributed by atoms with E-state index in [1.54, 1.807) is 13.0 Å². The van der Waals surface area contributed by atoms with Crippen LogP contribution in [-0.4, -0.2) is 30.7 Å². The van der Waals surface area contributed by atoms with Gasteiger partial charge in [0.05, 0.1) is 6.10 Å². The Hall–Kier alpha value is -0.870. The molecule has 3 atom stereocenters. The Labute approximate surface area is 90.9 Å². The molecule has 0 aliphatic heterocycles. The van der Waals surface area contributed by atoms with Crippen LogP contribution in [0, 0.1) is 0 Å². The molecule has 3 unspecified atom stereocenters. The third-order valence-corrected chi connectivity index (χ3v) is 2.67. The van der Waals surface area contributed by atoms with Crippen molar-refractivity contribution in [2.75, 3.05) is 6.54 Å². The number of hydrogen-bond donors (Lipinski definition) is 2. The van der Waals surface area contributed by atoms with Crippen molar-refractivity contribution in [2.24, 2.45) is 5.73 Å². The van der Waals surface area contributed by atoms with E-state index in [1.165, 1.54) is 0 Å². The van der Waals surface area contributed by atoms with Crippen LogP contribution < -0.4 is 11.1 Å². The van der Waals surface area contributed by atoms with E-state index >= 15 is 0 Å². The topological polar surface area (TPSA) is 64.3 Å². The molecule has 4 heteroatoms. The van der Waals surface area contributed by atoms with Gasteiger partial charge in [-0.3, -0.25) is 4.79 Å². The van der Waals surface area contributed by atoms with Crippen LogP contribution in [0.15, 0.2) is 12.7 Å². The zero-order valence-electron chi connectivity index (χ0n) is 9.24. The van der Waals surface area contributed by atoms with Crippen LogP contribution >= 0.6 is 0 Å². The lowest BCUT2D eigenvalue weighted by atomic mass is 10.2. The SMILES string of the molecule is C=CCNC(=O)C(C)OC1CCCC1N. The van der Waals surface area contributed by atoms with Crippen LogP contribution in [-0.2, 0) is 9.53 Å². The van der Waals surface area contributed by atoms with Crippen molar-refractivity contribution in [3.8, 4) is 0 Å². The first-order valence-corrected chi connectivity index (χ1v) is 5.44. The third-order valence-electron chi connectivity index (χ3n) is 2.67. The third kappa shape index (κ3) is 3.64. The summed E-state index contributed by atoms with van der Waals surface area (Å²) in [5.74, 6) is -0.103. The fourth-order valence-electron chi connectivity index (χ4n) is 1.76. The number of hydrogen-bond acceptors (Lipinski definition) is 3. The molecule has 0 aromatic rings. The molecule has 86 valence electrons. The Kier molecular flexibility index (Phi) is 4.78. The highest BCUT2D eigenvalue weighted by Gasteiger charge is 2.28. The Morgan fingerprint density at radius 2 is 2.47 bits per heavy atom. The van der Waals surface area contributed by atoms with Crippen LogP contribution in [0.5, 0.6) is 0 Å². The summed E-state index contributed by atoms with van der Waals surface area (Å²) in [4.78, 5) is 11.5. The number of carbonyl (C=O) groups excluding carboxylic acids is 1. The lowest BCUT2D eigenvalue weighted by molar-refractivity contribution is -0.135. The van der Waals surface area contributed by atoms with Gasteiger partial charge in [-0.2, -0.15) is 0 Å². The average Bonchev–Trinajstić information content (AvgIpc) is 2.61. The molecule has 0 radical (unpaired) electrons. The molecule has 0 bridgehead atoms. The molecular formula is C11H20N2O2. The first kappa shape index (κ1) is 12.2. The van der Waals surface area contributed by atoms with Gasteiger partial charge in [0.1, 0.15) is 6.10 Å². The minimum absolute atomic E-state index is 0.0366. The second-order valence-corrected chi connectivity index (χ2v) is 3.95. The van der Waals surface area contributed by atoms with Gasteiger partial charge in [-0.25, -0.2) is 0 Å². The summed E-state index contributed by atoms with van der Waals surface area (Å²) in [5.41, 5.74) is 5.85. The number of amides is 1. The predicted molar refractivity (Wildman–Crippen MR) is 59.4 cm³/mol. The second kappa shape index (κ2) is 5.88. The monoisotopic (exact) mass is 212 g/mol. The first-order valence-electron chi connectivity index (χ1n) is 5.44. The maximum absolute atomic E-state index is 11.5. The molecule has 1 aliphatic carbocycles. The van der Waals surface area contributed by atoms with Crippen molar-refractivity contribution in [1.82, 2.24) is 5.32 Å².